The van der Waals surface area contributed by atoms with E-state index in [0.29, 0.717) is 12.2 Å². The van der Waals surface area contributed by atoms with Crippen molar-refractivity contribution in [3.05, 3.63) is 40.6 Å². The van der Waals surface area contributed by atoms with Crippen molar-refractivity contribution >= 4 is 28.4 Å². The van der Waals surface area contributed by atoms with Crippen LogP contribution in [0.1, 0.15) is 5.56 Å². The number of benzene rings is 1. The molecule has 1 saturated heterocycles. The molecule has 2 aliphatic rings. The largest absolute Gasteiger partial charge is 0.304 e. The Kier molecular flexibility index (Phi) is 3.52. The maximum absolute atomic E-state index is 14.6. The third-order valence-electron chi connectivity index (χ3n) is 4.39. The van der Waals surface area contributed by atoms with Crippen molar-refractivity contribution in [2.24, 2.45) is 0 Å². The Morgan fingerprint density at radius 1 is 0.955 bits per heavy atom. The molecular weight excluding hydrogens is 299 g/mol. The van der Waals surface area contributed by atoms with E-state index in [2.05, 4.69) is 32.7 Å². The molecular formula is C16H19FN4S. The fourth-order valence-electron chi connectivity index (χ4n) is 3.13. The molecule has 2 aliphatic heterocycles. The first-order chi connectivity index (χ1) is 10.7. The van der Waals surface area contributed by atoms with Gasteiger partial charge in [-0.1, -0.05) is 16.6 Å². The Labute approximate surface area is 133 Å². The lowest BCUT2D eigenvalue weighted by atomic mass is 10.2. The zero-order valence-corrected chi connectivity index (χ0v) is 13.4. The molecule has 4 rings (SSSR count). The number of thiophene rings is 1. The molecule has 0 amide bonds. The first-order valence-corrected chi connectivity index (χ1v) is 8.49. The van der Waals surface area contributed by atoms with Crippen LogP contribution in [-0.2, 0) is 6.54 Å². The third kappa shape index (κ3) is 2.27. The predicted molar refractivity (Wildman–Crippen MR) is 89.3 cm³/mol. The lowest BCUT2D eigenvalue weighted by Gasteiger charge is -2.41. The fraction of sp³-hybridized carbons (Fsp3) is 0.375. The highest BCUT2D eigenvalue weighted by molar-refractivity contribution is 7.08. The van der Waals surface area contributed by atoms with Gasteiger partial charge in [-0.05, 0) is 24.6 Å². The summed E-state index contributed by atoms with van der Waals surface area (Å²) in [6.07, 6.45) is 0. The maximum Gasteiger partial charge on any atom is 0.0943 e. The van der Waals surface area contributed by atoms with Gasteiger partial charge in [-0.15, -0.1) is 11.3 Å². The minimum absolute atomic E-state index is 0.306. The molecule has 1 aromatic heterocycles. The summed E-state index contributed by atoms with van der Waals surface area (Å²) in [5, 5.41) is 9.59. The molecule has 1 fully saturated rings. The number of hydrogen-bond acceptors (Lipinski definition) is 5. The van der Waals surface area contributed by atoms with Gasteiger partial charge in [0, 0.05) is 37.1 Å². The number of para-hydroxylation sites is 2. The molecule has 0 unspecified atom stereocenters. The predicted octanol–water partition coefficient (Wildman–Crippen LogP) is 3.25. The summed E-state index contributed by atoms with van der Waals surface area (Å²) in [7, 11) is 2.15. The van der Waals surface area contributed by atoms with E-state index >= 15 is 0 Å². The number of nitrogens with zero attached hydrogens (tertiary/aromatic N) is 4. The SMILES string of the molecule is CN1CCN(N2c3cscc3CN(F)c3ccccc32)CC1. The molecule has 6 heteroatoms. The van der Waals surface area contributed by atoms with E-state index in [4.69, 9.17) is 0 Å². The molecule has 0 saturated carbocycles. The third-order valence-corrected chi connectivity index (χ3v) is 5.17. The highest BCUT2D eigenvalue weighted by atomic mass is 32.1. The summed E-state index contributed by atoms with van der Waals surface area (Å²) in [4.78, 5) is 2.33. The molecule has 22 heavy (non-hydrogen) atoms. The van der Waals surface area contributed by atoms with Crippen LogP contribution in [0.3, 0.4) is 0 Å². The second-order valence-electron chi connectivity index (χ2n) is 5.86. The molecule has 116 valence electrons. The molecule has 4 nitrogen and oxygen atoms in total. The molecule has 3 heterocycles. The number of halogens is 1. The lowest BCUT2D eigenvalue weighted by molar-refractivity contribution is 0.155. The van der Waals surface area contributed by atoms with E-state index in [1.165, 1.54) is 0 Å². The van der Waals surface area contributed by atoms with Crippen LogP contribution in [0.4, 0.5) is 21.5 Å². The first-order valence-electron chi connectivity index (χ1n) is 7.55. The Morgan fingerprint density at radius 2 is 1.68 bits per heavy atom. The highest BCUT2D eigenvalue weighted by Crippen LogP contribution is 2.43. The van der Waals surface area contributed by atoms with E-state index in [9.17, 15) is 4.48 Å². The number of hydrazine groups is 1. The number of anilines is 3. The van der Waals surface area contributed by atoms with Crippen LogP contribution in [0.5, 0.6) is 0 Å². The van der Waals surface area contributed by atoms with Crippen LogP contribution in [0.25, 0.3) is 0 Å². The van der Waals surface area contributed by atoms with Gasteiger partial charge in [0.25, 0.3) is 0 Å². The molecule has 0 spiro atoms. The Hall–Kier alpha value is -1.63. The Balaban J connectivity index is 1.81. The number of hydrogen-bond donors (Lipinski definition) is 0. The van der Waals surface area contributed by atoms with Crippen molar-refractivity contribution in [2.75, 3.05) is 43.4 Å². The minimum Gasteiger partial charge on any atom is -0.304 e. The van der Waals surface area contributed by atoms with Gasteiger partial charge in [-0.3, -0.25) is 5.01 Å². The number of likely N-dealkylation sites (N-methyl/N-ethyl adjacent to an activating group) is 1. The van der Waals surface area contributed by atoms with Crippen LogP contribution < -0.4 is 10.1 Å². The quantitative estimate of drug-likeness (QED) is 0.748. The maximum atomic E-state index is 14.6. The highest BCUT2D eigenvalue weighted by Gasteiger charge is 2.30. The van der Waals surface area contributed by atoms with E-state index in [1.54, 1.807) is 11.3 Å². The molecule has 0 atom stereocenters. The van der Waals surface area contributed by atoms with Gasteiger partial charge in [0.05, 0.1) is 23.6 Å². The van der Waals surface area contributed by atoms with Crippen molar-refractivity contribution < 1.29 is 4.48 Å². The summed E-state index contributed by atoms with van der Waals surface area (Å²) in [6, 6.07) is 7.74. The average Bonchev–Trinajstić information content (AvgIpc) is 2.93. The summed E-state index contributed by atoms with van der Waals surface area (Å²) in [6.45, 7) is 4.26. The van der Waals surface area contributed by atoms with Crippen molar-refractivity contribution in [3.63, 3.8) is 0 Å². The standard InChI is InChI=1S/C16H19FN4S/c1-18-6-8-19(9-7-18)21-15-5-3-2-4-14(15)20(17)10-13-11-22-12-16(13)21/h2-5,11-12H,6-10H2,1H3. The summed E-state index contributed by atoms with van der Waals surface area (Å²) >= 11 is 1.64. The van der Waals surface area contributed by atoms with Gasteiger partial charge in [0.15, 0.2) is 0 Å². The molecule has 0 bridgehead atoms. The summed E-state index contributed by atoms with van der Waals surface area (Å²) in [5.41, 5.74) is 3.72. The van der Waals surface area contributed by atoms with Crippen molar-refractivity contribution in [2.45, 2.75) is 6.54 Å². The van der Waals surface area contributed by atoms with Crippen LogP contribution in [-0.4, -0.2) is 43.1 Å². The summed E-state index contributed by atoms with van der Waals surface area (Å²) < 4.78 is 14.6. The normalized spacial score (nSPS) is 19.7. The van der Waals surface area contributed by atoms with Crippen LogP contribution >= 0.6 is 11.3 Å². The monoisotopic (exact) mass is 318 g/mol. The summed E-state index contributed by atoms with van der Waals surface area (Å²) in [5.74, 6) is 0. The second kappa shape index (κ2) is 5.53. The van der Waals surface area contributed by atoms with Crippen molar-refractivity contribution in [1.29, 1.82) is 0 Å². The van der Waals surface area contributed by atoms with Crippen LogP contribution in [0.15, 0.2) is 35.0 Å². The van der Waals surface area contributed by atoms with E-state index in [-0.39, 0.29) is 0 Å². The molecule has 2 aromatic rings. The average molecular weight is 318 g/mol. The fourth-order valence-corrected chi connectivity index (χ4v) is 3.94. The van der Waals surface area contributed by atoms with Crippen LogP contribution in [0, 0.1) is 0 Å². The zero-order valence-electron chi connectivity index (χ0n) is 12.6. The smallest absolute Gasteiger partial charge is 0.0943 e. The van der Waals surface area contributed by atoms with Gasteiger partial charge in [0.2, 0.25) is 0 Å². The van der Waals surface area contributed by atoms with Gasteiger partial charge in [-0.2, -0.15) is 0 Å². The molecule has 0 aliphatic carbocycles. The van der Waals surface area contributed by atoms with E-state index in [1.807, 2.05) is 24.3 Å². The van der Waals surface area contributed by atoms with Gasteiger partial charge in [0.1, 0.15) is 0 Å². The van der Waals surface area contributed by atoms with Gasteiger partial charge >= 0.3 is 0 Å². The van der Waals surface area contributed by atoms with Crippen molar-refractivity contribution in [3.8, 4) is 0 Å². The number of rotatable bonds is 1. The Morgan fingerprint density at radius 3 is 2.45 bits per heavy atom. The Bertz CT molecular complexity index is 666. The topological polar surface area (TPSA) is 13.0 Å². The number of piperazine rings is 1. The lowest BCUT2D eigenvalue weighted by Crippen LogP contribution is -2.51. The minimum atomic E-state index is 0.306. The van der Waals surface area contributed by atoms with Gasteiger partial charge in [-0.25, -0.2) is 10.1 Å². The molecule has 0 N–H and O–H groups in total. The zero-order chi connectivity index (χ0) is 15.1. The second-order valence-corrected chi connectivity index (χ2v) is 6.60. The molecule has 1 aromatic carbocycles. The van der Waals surface area contributed by atoms with E-state index in [0.717, 1.165) is 48.2 Å². The van der Waals surface area contributed by atoms with E-state index < -0.39 is 0 Å². The first kappa shape index (κ1) is 14.0. The van der Waals surface area contributed by atoms with Crippen LogP contribution in [0.2, 0.25) is 0 Å². The van der Waals surface area contributed by atoms with Gasteiger partial charge < -0.3 is 4.90 Å². The number of fused-ring (bicyclic) bond motifs is 2. The molecule has 0 radical (unpaired) electrons. The van der Waals surface area contributed by atoms with Crippen molar-refractivity contribution in [1.82, 2.24) is 9.91 Å².